The molecule has 0 unspecified atom stereocenters. The summed E-state index contributed by atoms with van der Waals surface area (Å²) < 4.78 is 30.3. The van der Waals surface area contributed by atoms with E-state index >= 15 is 0 Å². The SMILES string of the molecule is CCCCn1ncc(C=C(Cc2c(OC)ccc3c2COCO3)C(=O)O)c1-c1ccc(OC)cc1OCc1ccccc1C(=O)O. The Kier molecular flexibility index (Phi) is 10.2. The van der Waals surface area contributed by atoms with Gasteiger partial charge in [-0.3, -0.25) is 4.68 Å². The molecule has 0 saturated heterocycles. The number of aryl methyl sites for hydroxylation is 1. The summed E-state index contributed by atoms with van der Waals surface area (Å²) in [5, 5.41) is 24.7. The number of nitrogens with zero attached hydrogens (tertiary/aromatic N) is 2. The number of rotatable bonds is 14. The van der Waals surface area contributed by atoms with Crippen LogP contribution in [0.2, 0.25) is 0 Å². The Bertz CT molecular complexity index is 1760. The van der Waals surface area contributed by atoms with Gasteiger partial charge in [-0.2, -0.15) is 5.10 Å². The maximum absolute atomic E-state index is 12.7. The maximum Gasteiger partial charge on any atom is 0.336 e. The van der Waals surface area contributed by atoms with Crippen LogP contribution in [0.15, 0.2) is 66.4 Å². The molecule has 1 aliphatic heterocycles. The van der Waals surface area contributed by atoms with Crippen LogP contribution in [0, 0.1) is 0 Å². The molecule has 46 heavy (non-hydrogen) atoms. The van der Waals surface area contributed by atoms with Crippen molar-refractivity contribution in [2.75, 3.05) is 21.0 Å². The number of hydrogen-bond acceptors (Lipinski definition) is 8. The minimum atomic E-state index is -1.10. The number of benzene rings is 3. The van der Waals surface area contributed by atoms with Crippen LogP contribution in [0.4, 0.5) is 0 Å². The van der Waals surface area contributed by atoms with Gasteiger partial charge in [-0.05, 0) is 42.8 Å². The first-order valence-corrected chi connectivity index (χ1v) is 14.9. The molecule has 0 saturated carbocycles. The molecule has 1 aromatic heterocycles. The third kappa shape index (κ3) is 7.00. The van der Waals surface area contributed by atoms with Crippen LogP contribution in [0.1, 0.15) is 52.4 Å². The van der Waals surface area contributed by atoms with Gasteiger partial charge in [0.25, 0.3) is 0 Å². The second-order valence-electron chi connectivity index (χ2n) is 10.6. The first-order chi connectivity index (χ1) is 22.3. The molecule has 5 rings (SSSR count). The van der Waals surface area contributed by atoms with Crippen LogP contribution in [-0.2, 0) is 35.7 Å². The number of carboxylic acid groups (broad SMARTS) is 2. The van der Waals surface area contributed by atoms with Crippen molar-refractivity contribution in [2.45, 2.75) is 45.9 Å². The van der Waals surface area contributed by atoms with Crippen molar-refractivity contribution >= 4 is 18.0 Å². The quantitative estimate of drug-likeness (QED) is 0.155. The Labute approximate surface area is 266 Å². The molecule has 0 atom stereocenters. The lowest BCUT2D eigenvalue weighted by atomic mass is 9.96. The average Bonchev–Trinajstić information content (AvgIpc) is 3.47. The Morgan fingerprint density at radius 1 is 1.04 bits per heavy atom. The molecule has 2 N–H and O–H groups in total. The van der Waals surface area contributed by atoms with E-state index in [0.29, 0.717) is 57.5 Å². The van der Waals surface area contributed by atoms with Crippen molar-refractivity contribution in [3.63, 3.8) is 0 Å². The second kappa shape index (κ2) is 14.7. The number of hydrogen-bond donors (Lipinski definition) is 2. The average molecular weight is 629 g/mol. The van der Waals surface area contributed by atoms with E-state index in [-0.39, 0.29) is 37.6 Å². The van der Waals surface area contributed by atoms with Gasteiger partial charge in [0.1, 0.15) is 29.6 Å². The van der Waals surface area contributed by atoms with Crippen LogP contribution in [0.5, 0.6) is 23.0 Å². The summed E-state index contributed by atoms with van der Waals surface area (Å²) in [5.74, 6) is -0.0153. The molecule has 2 heterocycles. The summed E-state index contributed by atoms with van der Waals surface area (Å²) >= 11 is 0. The maximum atomic E-state index is 12.7. The van der Waals surface area contributed by atoms with E-state index in [1.54, 1.807) is 61.8 Å². The number of aliphatic carboxylic acids is 1. The number of aromatic nitrogens is 2. The number of methoxy groups -OCH3 is 2. The minimum absolute atomic E-state index is 0.0136. The highest BCUT2D eigenvalue weighted by atomic mass is 16.7. The smallest absolute Gasteiger partial charge is 0.336 e. The van der Waals surface area contributed by atoms with E-state index in [1.165, 1.54) is 13.2 Å². The first-order valence-electron chi connectivity index (χ1n) is 14.9. The summed E-state index contributed by atoms with van der Waals surface area (Å²) in [6, 6.07) is 15.5. The van der Waals surface area contributed by atoms with Crippen molar-refractivity contribution in [3.8, 4) is 34.3 Å². The molecular weight excluding hydrogens is 592 g/mol. The van der Waals surface area contributed by atoms with Gasteiger partial charge in [-0.1, -0.05) is 31.5 Å². The summed E-state index contributed by atoms with van der Waals surface area (Å²) in [5.41, 5.74) is 4.04. The van der Waals surface area contributed by atoms with Crippen molar-refractivity contribution in [1.29, 1.82) is 0 Å². The Morgan fingerprint density at radius 2 is 1.87 bits per heavy atom. The van der Waals surface area contributed by atoms with Gasteiger partial charge in [0.2, 0.25) is 0 Å². The predicted molar refractivity (Wildman–Crippen MR) is 169 cm³/mol. The highest BCUT2D eigenvalue weighted by molar-refractivity contribution is 5.94. The lowest BCUT2D eigenvalue weighted by molar-refractivity contribution is -0.132. The molecule has 4 aromatic rings. The van der Waals surface area contributed by atoms with Gasteiger partial charge in [0, 0.05) is 52.4 Å². The first kappa shape index (κ1) is 32.1. The van der Waals surface area contributed by atoms with Crippen LogP contribution >= 0.6 is 0 Å². The molecule has 0 fully saturated rings. The Morgan fingerprint density at radius 3 is 2.61 bits per heavy atom. The summed E-state index contributed by atoms with van der Waals surface area (Å²) in [7, 11) is 3.08. The van der Waals surface area contributed by atoms with Gasteiger partial charge in [0.15, 0.2) is 6.79 Å². The van der Waals surface area contributed by atoms with Crippen molar-refractivity contribution in [1.82, 2.24) is 9.78 Å². The fourth-order valence-electron chi connectivity index (χ4n) is 5.38. The third-order valence-corrected chi connectivity index (χ3v) is 7.75. The minimum Gasteiger partial charge on any atom is -0.497 e. The monoisotopic (exact) mass is 628 g/mol. The third-order valence-electron chi connectivity index (χ3n) is 7.75. The van der Waals surface area contributed by atoms with Crippen LogP contribution in [0.25, 0.3) is 17.3 Å². The number of aromatic carboxylic acids is 1. The molecule has 0 radical (unpaired) electrons. The summed E-state index contributed by atoms with van der Waals surface area (Å²) in [6.07, 6.45) is 5.07. The van der Waals surface area contributed by atoms with Crippen LogP contribution in [0.3, 0.4) is 0 Å². The normalized spacial score (nSPS) is 12.6. The molecule has 11 nitrogen and oxygen atoms in total. The molecule has 240 valence electrons. The fraction of sp³-hybridized carbons (Fsp3) is 0.286. The molecule has 0 amide bonds. The highest BCUT2D eigenvalue weighted by Gasteiger charge is 2.24. The van der Waals surface area contributed by atoms with Gasteiger partial charge in [-0.15, -0.1) is 0 Å². The predicted octanol–water partition coefficient (Wildman–Crippen LogP) is 6.22. The molecule has 11 heteroatoms. The fourth-order valence-corrected chi connectivity index (χ4v) is 5.38. The number of carboxylic acids is 2. The second-order valence-corrected chi connectivity index (χ2v) is 10.6. The van der Waals surface area contributed by atoms with Gasteiger partial charge >= 0.3 is 11.9 Å². The largest absolute Gasteiger partial charge is 0.497 e. The van der Waals surface area contributed by atoms with E-state index in [9.17, 15) is 19.8 Å². The molecule has 1 aliphatic rings. The van der Waals surface area contributed by atoms with E-state index < -0.39 is 11.9 Å². The number of ether oxygens (including phenoxy) is 5. The zero-order chi connectivity index (χ0) is 32.6. The Hall–Kier alpha value is -5.29. The number of unbranched alkanes of at least 4 members (excludes halogenated alkanes) is 1. The van der Waals surface area contributed by atoms with Crippen LogP contribution in [-0.4, -0.2) is 52.9 Å². The molecular formula is C35H36N2O9. The molecule has 0 bridgehead atoms. The summed E-state index contributed by atoms with van der Waals surface area (Å²) in [4.78, 5) is 24.5. The van der Waals surface area contributed by atoms with Crippen LogP contribution < -0.4 is 18.9 Å². The lowest BCUT2D eigenvalue weighted by Crippen LogP contribution is -2.15. The number of carbonyl (C=O) groups is 2. The molecule has 3 aromatic carbocycles. The van der Waals surface area contributed by atoms with Crippen molar-refractivity contribution < 1.29 is 43.5 Å². The van der Waals surface area contributed by atoms with E-state index in [4.69, 9.17) is 23.7 Å². The van der Waals surface area contributed by atoms with E-state index in [2.05, 4.69) is 12.0 Å². The van der Waals surface area contributed by atoms with E-state index in [1.807, 2.05) is 10.7 Å². The topological polar surface area (TPSA) is 139 Å². The van der Waals surface area contributed by atoms with Crippen molar-refractivity contribution in [3.05, 3.63) is 94.2 Å². The zero-order valence-corrected chi connectivity index (χ0v) is 25.9. The molecule has 0 aliphatic carbocycles. The zero-order valence-electron chi connectivity index (χ0n) is 25.9. The van der Waals surface area contributed by atoms with Gasteiger partial charge in [-0.25, -0.2) is 9.59 Å². The molecule has 0 spiro atoms. The van der Waals surface area contributed by atoms with Crippen molar-refractivity contribution in [2.24, 2.45) is 0 Å². The number of fused-ring (bicyclic) bond motifs is 1. The standard InChI is InChI=1S/C35H36N2O9/c1-4-5-14-37-33(27-11-10-25(42-2)17-32(27)45-19-22-8-6-7-9-26(22)35(40)41)24(18-36-37)15-23(34(38)39)16-28-29-20-44-21-46-31(29)13-12-30(28)43-3/h6-13,15,17-18H,4-5,14,16,19-21H2,1-3H3,(H,38,39)(H,40,41). The Balaban J connectivity index is 1.60. The van der Waals surface area contributed by atoms with Gasteiger partial charge in [0.05, 0.1) is 38.3 Å². The summed E-state index contributed by atoms with van der Waals surface area (Å²) in [6.45, 7) is 3.04. The highest BCUT2D eigenvalue weighted by Crippen LogP contribution is 2.39. The van der Waals surface area contributed by atoms with E-state index in [0.717, 1.165) is 18.4 Å². The van der Waals surface area contributed by atoms with Gasteiger partial charge < -0.3 is 33.9 Å². The lowest BCUT2D eigenvalue weighted by Gasteiger charge is -2.22.